The summed E-state index contributed by atoms with van der Waals surface area (Å²) in [6, 6.07) is 15.8. The van der Waals surface area contributed by atoms with Crippen LogP contribution in [0.5, 0.6) is 0 Å². The van der Waals surface area contributed by atoms with Gasteiger partial charge in [-0.05, 0) is 36.2 Å². The summed E-state index contributed by atoms with van der Waals surface area (Å²) in [5.74, 6) is -1.37. The predicted molar refractivity (Wildman–Crippen MR) is 102 cm³/mol. The zero-order valence-electron chi connectivity index (χ0n) is 14.9. The Bertz CT molecular complexity index is 1050. The van der Waals surface area contributed by atoms with Gasteiger partial charge in [-0.15, -0.1) is 0 Å². The van der Waals surface area contributed by atoms with Crippen molar-refractivity contribution >= 4 is 17.7 Å². The summed E-state index contributed by atoms with van der Waals surface area (Å²) in [4.78, 5) is 13.1. The van der Waals surface area contributed by atoms with Crippen molar-refractivity contribution in [3.63, 3.8) is 0 Å². The van der Waals surface area contributed by atoms with E-state index in [9.17, 15) is 19.6 Å². The molecule has 1 heterocycles. The van der Waals surface area contributed by atoms with Crippen LogP contribution in [0, 0.1) is 17.1 Å². The van der Waals surface area contributed by atoms with Crippen LogP contribution < -0.4 is 0 Å². The molecule has 1 N–H and O–H groups in total. The molecule has 136 valence electrons. The van der Waals surface area contributed by atoms with Gasteiger partial charge in [0.25, 0.3) is 0 Å². The maximum absolute atomic E-state index is 13.8. The number of carbonyl (C=O) groups is 1. The number of hydrogen-bond donors (Lipinski definition) is 1. The van der Waals surface area contributed by atoms with E-state index < -0.39 is 5.97 Å². The molecule has 0 aliphatic heterocycles. The highest BCUT2D eigenvalue weighted by atomic mass is 32.2. The van der Waals surface area contributed by atoms with E-state index in [-0.39, 0.29) is 11.5 Å². The average molecular weight is 380 g/mol. The lowest BCUT2D eigenvalue weighted by Gasteiger charge is -2.06. The fraction of sp³-hybridized carbons (Fsp3) is 0.143. The van der Waals surface area contributed by atoms with Crippen molar-refractivity contribution in [1.29, 1.82) is 5.26 Å². The molecule has 0 bridgehead atoms. The van der Waals surface area contributed by atoms with Gasteiger partial charge >= 0.3 is 5.97 Å². The third kappa shape index (κ3) is 3.46. The predicted octanol–water partition coefficient (Wildman–Crippen LogP) is 5.11. The van der Waals surface area contributed by atoms with Gasteiger partial charge in [-0.1, -0.05) is 43.0 Å². The van der Waals surface area contributed by atoms with Crippen LogP contribution in [0.2, 0.25) is 0 Å². The largest absolute Gasteiger partial charge is 0.477 e. The van der Waals surface area contributed by atoms with Crippen LogP contribution in [-0.2, 0) is 13.5 Å². The summed E-state index contributed by atoms with van der Waals surface area (Å²) in [7, 11) is 1.66. The van der Waals surface area contributed by atoms with E-state index in [1.807, 2.05) is 6.92 Å². The first-order valence-corrected chi connectivity index (χ1v) is 9.17. The molecule has 0 amide bonds. The number of nitrogens with zero attached hydrogens (tertiary/aromatic N) is 2. The zero-order chi connectivity index (χ0) is 19.6. The fourth-order valence-electron chi connectivity index (χ4n) is 3.14. The molecule has 0 spiro atoms. The molecule has 0 atom stereocenters. The maximum Gasteiger partial charge on any atom is 0.353 e. The first-order chi connectivity index (χ1) is 13.0. The van der Waals surface area contributed by atoms with Gasteiger partial charge in [0.05, 0.1) is 5.56 Å². The Morgan fingerprint density at radius 2 is 1.89 bits per heavy atom. The minimum Gasteiger partial charge on any atom is -0.477 e. The van der Waals surface area contributed by atoms with Crippen molar-refractivity contribution in [1.82, 2.24) is 4.57 Å². The van der Waals surface area contributed by atoms with E-state index in [0.717, 1.165) is 4.90 Å². The molecule has 0 saturated carbocycles. The van der Waals surface area contributed by atoms with Gasteiger partial charge in [0.15, 0.2) is 0 Å². The van der Waals surface area contributed by atoms with E-state index in [1.165, 1.54) is 17.8 Å². The maximum atomic E-state index is 13.8. The van der Waals surface area contributed by atoms with Crippen LogP contribution in [0.25, 0.3) is 11.1 Å². The number of halogens is 1. The Morgan fingerprint density at radius 1 is 1.22 bits per heavy atom. The van der Waals surface area contributed by atoms with Crippen molar-refractivity contribution in [3.8, 4) is 17.2 Å². The van der Waals surface area contributed by atoms with Crippen molar-refractivity contribution < 1.29 is 14.3 Å². The highest BCUT2D eigenvalue weighted by molar-refractivity contribution is 7.99. The molecule has 1 aromatic heterocycles. The molecule has 2 aromatic carbocycles. The SMILES string of the molecule is CCc1c(C#N)c(-c2ccc(Sc3ccccc3F)cc2)c(C(=O)O)n1C. The van der Waals surface area contributed by atoms with Crippen LogP contribution in [-0.4, -0.2) is 15.6 Å². The number of benzene rings is 2. The molecule has 0 fully saturated rings. The van der Waals surface area contributed by atoms with Gasteiger partial charge in [-0.25, -0.2) is 9.18 Å². The minimum absolute atomic E-state index is 0.0953. The van der Waals surface area contributed by atoms with E-state index in [4.69, 9.17) is 0 Å². The van der Waals surface area contributed by atoms with Crippen LogP contribution in [0.3, 0.4) is 0 Å². The second-order valence-corrected chi connectivity index (χ2v) is 7.05. The highest BCUT2D eigenvalue weighted by Gasteiger charge is 2.25. The van der Waals surface area contributed by atoms with Crippen LogP contribution in [0.15, 0.2) is 58.3 Å². The quantitative estimate of drug-likeness (QED) is 0.668. The molecule has 27 heavy (non-hydrogen) atoms. The topological polar surface area (TPSA) is 66.0 Å². The minimum atomic E-state index is -1.08. The standard InChI is InChI=1S/C21H17FN2O2S/c1-3-17-15(12-23)19(20(21(25)26)24(17)2)13-8-10-14(11-9-13)27-18-7-5-4-6-16(18)22/h4-11H,3H2,1-2H3,(H,25,26). The second kappa shape index (κ2) is 7.68. The second-order valence-electron chi connectivity index (χ2n) is 5.93. The van der Waals surface area contributed by atoms with Crippen molar-refractivity contribution in [2.45, 2.75) is 23.1 Å². The summed E-state index contributed by atoms with van der Waals surface area (Å²) in [6.07, 6.45) is 0.556. The van der Waals surface area contributed by atoms with Crippen molar-refractivity contribution in [2.24, 2.45) is 7.05 Å². The van der Waals surface area contributed by atoms with Gasteiger partial charge in [0.1, 0.15) is 17.6 Å². The molecule has 3 aromatic rings. The number of aromatic carboxylic acids is 1. The Hall–Kier alpha value is -3.04. The Labute approximate surface area is 160 Å². The highest BCUT2D eigenvalue weighted by Crippen LogP contribution is 2.35. The fourth-order valence-corrected chi connectivity index (χ4v) is 3.98. The first-order valence-electron chi connectivity index (χ1n) is 8.35. The number of nitriles is 1. The van der Waals surface area contributed by atoms with Gasteiger partial charge in [0.2, 0.25) is 0 Å². The average Bonchev–Trinajstić information content (AvgIpc) is 2.95. The molecular formula is C21H17FN2O2S. The summed E-state index contributed by atoms with van der Waals surface area (Å²) < 4.78 is 15.4. The summed E-state index contributed by atoms with van der Waals surface area (Å²) >= 11 is 1.29. The van der Waals surface area contributed by atoms with E-state index in [1.54, 1.807) is 54.1 Å². The van der Waals surface area contributed by atoms with E-state index in [2.05, 4.69) is 6.07 Å². The summed E-state index contributed by atoms with van der Waals surface area (Å²) in [6.45, 7) is 1.89. The lowest BCUT2D eigenvalue weighted by molar-refractivity contribution is 0.0687. The molecule has 3 rings (SSSR count). The third-order valence-electron chi connectivity index (χ3n) is 4.37. The van der Waals surface area contributed by atoms with Gasteiger partial charge in [-0.3, -0.25) is 0 Å². The smallest absolute Gasteiger partial charge is 0.353 e. The zero-order valence-corrected chi connectivity index (χ0v) is 15.7. The number of carboxylic acids is 1. The van der Waals surface area contributed by atoms with Crippen LogP contribution >= 0.6 is 11.8 Å². The lowest BCUT2D eigenvalue weighted by atomic mass is 10.00. The third-order valence-corrected chi connectivity index (χ3v) is 5.43. The number of rotatable bonds is 5. The summed E-state index contributed by atoms with van der Waals surface area (Å²) in [5.41, 5.74) is 2.24. The molecule has 4 nitrogen and oxygen atoms in total. The molecule has 0 aliphatic rings. The van der Waals surface area contributed by atoms with Crippen molar-refractivity contribution in [3.05, 3.63) is 71.3 Å². The van der Waals surface area contributed by atoms with Crippen molar-refractivity contribution in [2.75, 3.05) is 0 Å². The van der Waals surface area contributed by atoms with Gasteiger partial charge < -0.3 is 9.67 Å². The molecule has 0 saturated heterocycles. The molecular weight excluding hydrogens is 363 g/mol. The monoisotopic (exact) mass is 380 g/mol. The number of carboxylic acid groups (broad SMARTS) is 1. The molecule has 6 heteroatoms. The number of aromatic nitrogens is 1. The van der Waals surface area contributed by atoms with Gasteiger partial charge in [0, 0.05) is 28.1 Å². The Morgan fingerprint density at radius 3 is 2.44 bits per heavy atom. The molecule has 0 radical (unpaired) electrons. The van der Waals surface area contributed by atoms with Gasteiger partial charge in [-0.2, -0.15) is 5.26 Å². The normalized spacial score (nSPS) is 10.6. The Balaban J connectivity index is 2.04. The lowest BCUT2D eigenvalue weighted by Crippen LogP contribution is -2.07. The van der Waals surface area contributed by atoms with Crippen LogP contribution in [0.1, 0.15) is 28.7 Å². The van der Waals surface area contributed by atoms with E-state index in [0.29, 0.717) is 33.7 Å². The Kier molecular flexibility index (Phi) is 5.33. The molecule has 0 aliphatic carbocycles. The van der Waals surface area contributed by atoms with E-state index >= 15 is 0 Å². The van der Waals surface area contributed by atoms with Crippen LogP contribution in [0.4, 0.5) is 4.39 Å². The number of hydrogen-bond acceptors (Lipinski definition) is 3. The first kappa shape index (κ1) is 18.7. The summed E-state index contributed by atoms with van der Waals surface area (Å²) in [5, 5.41) is 19.2. The molecule has 0 unspecified atom stereocenters.